The molecule has 2 rings (SSSR count). The van der Waals surface area contributed by atoms with E-state index in [4.69, 9.17) is 0 Å². The topological polar surface area (TPSA) is 57.3 Å². The van der Waals surface area contributed by atoms with Gasteiger partial charge in [0.1, 0.15) is 23.1 Å². The van der Waals surface area contributed by atoms with Gasteiger partial charge in [0.2, 0.25) is 0 Å². The van der Waals surface area contributed by atoms with Crippen LogP contribution in [-0.4, -0.2) is 43.0 Å². The molecule has 0 saturated carbocycles. The van der Waals surface area contributed by atoms with Crippen LogP contribution in [0.5, 0.6) is 0 Å². The summed E-state index contributed by atoms with van der Waals surface area (Å²) in [6.45, 7) is 1.72. The summed E-state index contributed by atoms with van der Waals surface area (Å²) < 4.78 is 27.1. The number of carbonyl (C=O) groups is 1. The lowest BCUT2D eigenvalue weighted by Crippen LogP contribution is -2.17. The quantitative estimate of drug-likeness (QED) is 0.765. The molecule has 1 heterocycles. The van der Waals surface area contributed by atoms with Gasteiger partial charge in [0.15, 0.2) is 0 Å². The van der Waals surface area contributed by atoms with Gasteiger partial charge in [0.05, 0.1) is 5.56 Å². The third-order valence-electron chi connectivity index (χ3n) is 3.32. The van der Waals surface area contributed by atoms with Crippen molar-refractivity contribution in [2.24, 2.45) is 0 Å². The van der Waals surface area contributed by atoms with Crippen molar-refractivity contribution in [3.63, 3.8) is 0 Å². The highest BCUT2D eigenvalue weighted by atomic mass is 19.1. The SMILES string of the molecule is CN(C)CCCNc1ccc(C(=O)Nc2c(F)cccc2F)cn1. The van der Waals surface area contributed by atoms with Crippen LogP contribution in [0.1, 0.15) is 16.8 Å². The summed E-state index contributed by atoms with van der Waals surface area (Å²) in [5.74, 6) is -1.63. The Morgan fingerprint density at radius 1 is 1.17 bits per heavy atom. The van der Waals surface area contributed by atoms with Crippen LogP contribution in [0.25, 0.3) is 0 Å². The van der Waals surface area contributed by atoms with Crippen LogP contribution in [0.15, 0.2) is 36.5 Å². The van der Waals surface area contributed by atoms with Crippen LogP contribution in [0.2, 0.25) is 0 Å². The Balaban J connectivity index is 1.94. The molecule has 1 aromatic heterocycles. The van der Waals surface area contributed by atoms with Gasteiger partial charge in [-0.05, 0) is 51.3 Å². The number of carbonyl (C=O) groups excluding carboxylic acids is 1. The monoisotopic (exact) mass is 334 g/mol. The number of para-hydroxylation sites is 1. The van der Waals surface area contributed by atoms with E-state index in [2.05, 4.69) is 20.5 Å². The second-order valence-corrected chi connectivity index (χ2v) is 5.57. The predicted molar refractivity (Wildman–Crippen MR) is 90.2 cm³/mol. The molecule has 0 fully saturated rings. The first-order valence-corrected chi connectivity index (χ1v) is 7.57. The molecule has 24 heavy (non-hydrogen) atoms. The van der Waals surface area contributed by atoms with Gasteiger partial charge < -0.3 is 15.5 Å². The zero-order chi connectivity index (χ0) is 17.5. The lowest BCUT2D eigenvalue weighted by Gasteiger charge is -2.10. The minimum atomic E-state index is -0.824. The first-order chi connectivity index (χ1) is 11.5. The minimum Gasteiger partial charge on any atom is -0.370 e. The van der Waals surface area contributed by atoms with Gasteiger partial charge >= 0.3 is 0 Å². The second-order valence-electron chi connectivity index (χ2n) is 5.57. The molecule has 7 heteroatoms. The van der Waals surface area contributed by atoms with Crippen LogP contribution in [0.4, 0.5) is 20.3 Å². The first-order valence-electron chi connectivity index (χ1n) is 7.57. The maximum Gasteiger partial charge on any atom is 0.257 e. The van der Waals surface area contributed by atoms with Gasteiger partial charge in [-0.15, -0.1) is 0 Å². The van der Waals surface area contributed by atoms with E-state index in [1.54, 1.807) is 12.1 Å². The smallest absolute Gasteiger partial charge is 0.257 e. The zero-order valence-corrected chi connectivity index (χ0v) is 13.6. The molecule has 1 aromatic carbocycles. The van der Waals surface area contributed by atoms with Crippen molar-refractivity contribution in [3.05, 3.63) is 53.7 Å². The van der Waals surface area contributed by atoms with Crippen molar-refractivity contribution < 1.29 is 13.6 Å². The Hall–Kier alpha value is -2.54. The summed E-state index contributed by atoms with van der Waals surface area (Å²) in [7, 11) is 4.01. The molecule has 128 valence electrons. The molecule has 0 bridgehead atoms. The molecule has 0 spiro atoms. The summed E-state index contributed by atoms with van der Waals surface area (Å²) in [6.07, 6.45) is 2.33. The van der Waals surface area contributed by atoms with E-state index in [0.717, 1.165) is 31.6 Å². The Morgan fingerprint density at radius 3 is 2.46 bits per heavy atom. The Morgan fingerprint density at radius 2 is 1.88 bits per heavy atom. The first kappa shape index (κ1) is 17.8. The number of aromatic nitrogens is 1. The molecule has 0 aliphatic heterocycles. The average Bonchev–Trinajstić information content (AvgIpc) is 2.55. The van der Waals surface area contributed by atoms with Crippen molar-refractivity contribution in [1.29, 1.82) is 0 Å². The second kappa shape index (κ2) is 8.35. The third kappa shape index (κ3) is 4.99. The number of rotatable bonds is 7. The number of amides is 1. The number of pyridine rings is 1. The molecular weight excluding hydrogens is 314 g/mol. The summed E-state index contributed by atoms with van der Waals surface area (Å²) in [5.41, 5.74) is -0.245. The van der Waals surface area contributed by atoms with Gasteiger partial charge in [0.25, 0.3) is 5.91 Å². The molecule has 2 aromatic rings. The Labute approximate surface area is 139 Å². The number of hydrogen-bond acceptors (Lipinski definition) is 4. The normalized spacial score (nSPS) is 10.7. The van der Waals surface area contributed by atoms with Crippen molar-refractivity contribution in [1.82, 2.24) is 9.88 Å². The van der Waals surface area contributed by atoms with Crippen molar-refractivity contribution in [2.45, 2.75) is 6.42 Å². The highest BCUT2D eigenvalue weighted by Crippen LogP contribution is 2.19. The maximum absolute atomic E-state index is 13.5. The third-order valence-corrected chi connectivity index (χ3v) is 3.32. The van der Waals surface area contributed by atoms with Crippen LogP contribution < -0.4 is 10.6 Å². The summed E-state index contributed by atoms with van der Waals surface area (Å²) >= 11 is 0. The molecule has 0 radical (unpaired) electrons. The molecule has 1 amide bonds. The van der Waals surface area contributed by atoms with E-state index in [-0.39, 0.29) is 5.56 Å². The largest absolute Gasteiger partial charge is 0.370 e. The molecule has 0 unspecified atom stereocenters. The van der Waals surface area contributed by atoms with Crippen LogP contribution in [-0.2, 0) is 0 Å². The maximum atomic E-state index is 13.5. The van der Waals surface area contributed by atoms with Gasteiger partial charge in [-0.1, -0.05) is 6.07 Å². The van der Waals surface area contributed by atoms with Crippen LogP contribution in [0, 0.1) is 11.6 Å². The van der Waals surface area contributed by atoms with Gasteiger partial charge in [-0.25, -0.2) is 13.8 Å². The van der Waals surface area contributed by atoms with Crippen molar-refractivity contribution in [2.75, 3.05) is 37.8 Å². The number of hydrogen-bond donors (Lipinski definition) is 2. The molecule has 0 saturated heterocycles. The number of nitrogens with one attached hydrogen (secondary N) is 2. The molecule has 5 nitrogen and oxygen atoms in total. The fourth-order valence-corrected chi connectivity index (χ4v) is 2.05. The molecule has 2 N–H and O–H groups in total. The minimum absolute atomic E-state index is 0.219. The van der Waals surface area contributed by atoms with E-state index < -0.39 is 23.2 Å². The van der Waals surface area contributed by atoms with Crippen LogP contribution in [0.3, 0.4) is 0 Å². The predicted octanol–water partition coefficient (Wildman–Crippen LogP) is 2.98. The molecular formula is C17H20F2N4O. The van der Waals surface area contributed by atoms with Crippen molar-refractivity contribution in [3.8, 4) is 0 Å². The van der Waals surface area contributed by atoms with Gasteiger partial charge in [-0.3, -0.25) is 4.79 Å². The van der Waals surface area contributed by atoms with Crippen LogP contribution >= 0.6 is 0 Å². The number of nitrogens with zero attached hydrogens (tertiary/aromatic N) is 2. The Bertz CT molecular complexity index is 669. The van der Waals surface area contributed by atoms with Gasteiger partial charge in [-0.2, -0.15) is 0 Å². The fourth-order valence-electron chi connectivity index (χ4n) is 2.05. The Kier molecular flexibility index (Phi) is 6.20. The standard InChI is InChI=1S/C17H20F2N4O/c1-23(2)10-4-9-20-15-8-7-12(11-21-15)17(24)22-16-13(18)5-3-6-14(16)19/h3,5-8,11H,4,9-10H2,1-2H3,(H,20,21)(H,22,24). The number of halogens is 2. The fraction of sp³-hybridized carbons (Fsp3) is 0.294. The van der Waals surface area contributed by atoms with E-state index >= 15 is 0 Å². The highest BCUT2D eigenvalue weighted by molar-refractivity contribution is 6.04. The summed E-state index contributed by atoms with van der Waals surface area (Å²) in [4.78, 5) is 18.3. The van der Waals surface area contributed by atoms with E-state index in [1.165, 1.54) is 12.3 Å². The lowest BCUT2D eigenvalue weighted by atomic mass is 10.2. The van der Waals surface area contributed by atoms with E-state index in [9.17, 15) is 13.6 Å². The average molecular weight is 334 g/mol. The summed E-state index contributed by atoms with van der Waals surface area (Å²) in [5, 5.41) is 5.37. The molecule has 0 atom stereocenters. The van der Waals surface area contributed by atoms with Gasteiger partial charge in [0, 0.05) is 12.7 Å². The molecule has 0 aliphatic carbocycles. The van der Waals surface area contributed by atoms with Crippen molar-refractivity contribution >= 4 is 17.4 Å². The molecule has 0 aliphatic rings. The summed E-state index contributed by atoms with van der Waals surface area (Å²) in [6, 6.07) is 6.60. The number of benzene rings is 1. The number of anilines is 2. The zero-order valence-electron chi connectivity index (χ0n) is 13.6. The van der Waals surface area contributed by atoms with E-state index in [0.29, 0.717) is 5.82 Å². The van der Waals surface area contributed by atoms with E-state index in [1.807, 2.05) is 14.1 Å². The lowest BCUT2D eigenvalue weighted by molar-refractivity contribution is 0.102. The highest BCUT2D eigenvalue weighted by Gasteiger charge is 2.13.